The lowest BCUT2D eigenvalue weighted by Gasteiger charge is -2.21. The monoisotopic (exact) mass is 271 g/mol. The zero-order valence-electron chi connectivity index (χ0n) is 10.3. The van der Waals surface area contributed by atoms with Gasteiger partial charge in [0.05, 0.1) is 12.2 Å². The number of aliphatic hydroxyl groups excluding tert-OH is 1. The maximum absolute atomic E-state index is 11.9. The molecule has 0 saturated carbocycles. The number of amides is 1. The molecule has 18 heavy (non-hydrogen) atoms. The van der Waals surface area contributed by atoms with E-state index in [1.54, 1.807) is 6.92 Å². The molecule has 0 saturated heterocycles. The topological polar surface area (TPSA) is 89.8 Å². The van der Waals surface area contributed by atoms with Crippen molar-refractivity contribution < 1.29 is 20.1 Å². The van der Waals surface area contributed by atoms with Crippen molar-refractivity contribution in [3.63, 3.8) is 0 Å². The van der Waals surface area contributed by atoms with E-state index in [1.165, 1.54) is 30.0 Å². The van der Waals surface area contributed by atoms with E-state index in [0.29, 0.717) is 0 Å². The lowest BCUT2D eigenvalue weighted by molar-refractivity contribution is 0.0932. The second-order valence-corrected chi connectivity index (χ2v) is 4.97. The van der Waals surface area contributed by atoms with Crippen LogP contribution in [0.2, 0.25) is 0 Å². The van der Waals surface area contributed by atoms with Gasteiger partial charge in [0.1, 0.15) is 0 Å². The average Bonchev–Trinajstić information content (AvgIpc) is 2.34. The Kier molecular flexibility index (Phi) is 5.30. The number of hydrogen-bond acceptors (Lipinski definition) is 5. The summed E-state index contributed by atoms with van der Waals surface area (Å²) in [6, 6.07) is 3.95. The molecule has 0 radical (unpaired) electrons. The zero-order valence-corrected chi connectivity index (χ0v) is 11.1. The summed E-state index contributed by atoms with van der Waals surface area (Å²) < 4.78 is 0. The highest BCUT2D eigenvalue weighted by Crippen LogP contribution is 2.28. The van der Waals surface area contributed by atoms with Crippen LogP contribution in [0.3, 0.4) is 0 Å². The molecule has 5 nitrogen and oxygen atoms in total. The molecule has 0 fully saturated rings. The molecule has 1 aromatic rings. The zero-order chi connectivity index (χ0) is 13.7. The fourth-order valence-corrected chi connectivity index (χ4v) is 2.15. The molecule has 0 bridgehead atoms. The molecule has 1 amide bonds. The van der Waals surface area contributed by atoms with Gasteiger partial charge in [0.25, 0.3) is 5.91 Å². The van der Waals surface area contributed by atoms with Crippen molar-refractivity contribution in [1.29, 1.82) is 0 Å². The van der Waals surface area contributed by atoms with Crippen LogP contribution in [0.5, 0.6) is 11.5 Å². The van der Waals surface area contributed by atoms with Gasteiger partial charge in [0.15, 0.2) is 11.5 Å². The van der Waals surface area contributed by atoms with Gasteiger partial charge >= 0.3 is 0 Å². The molecular formula is C12H17NO4S. The van der Waals surface area contributed by atoms with E-state index >= 15 is 0 Å². The third-order valence-electron chi connectivity index (χ3n) is 2.66. The first-order valence-corrected chi connectivity index (χ1v) is 6.75. The summed E-state index contributed by atoms with van der Waals surface area (Å²) in [4.78, 5) is 11.9. The van der Waals surface area contributed by atoms with Gasteiger partial charge in [-0.1, -0.05) is 6.07 Å². The van der Waals surface area contributed by atoms with E-state index in [-0.39, 0.29) is 29.2 Å². The Morgan fingerprint density at radius 2 is 2.11 bits per heavy atom. The lowest BCUT2D eigenvalue weighted by atomic mass is 10.1. The highest BCUT2D eigenvalue weighted by Gasteiger charge is 2.20. The number of rotatable bonds is 5. The Morgan fingerprint density at radius 3 is 2.67 bits per heavy atom. The van der Waals surface area contributed by atoms with Gasteiger partial charge in [-0.15, -0.1) is 0 Å². The number of para-hydroxylation sites is 1. The van der Waals surface area contributed by atoms with Crippen LogP contribution in [0.25, 0.3) is 0 Å². The molecule has 0 heterocycles. The molecule has 0 aliphatic heterocycles. The average molecular weight is 271 g/mol. The van der Waals surface area contributed by atoms with Gasteiger partial charge in [0.2, 0.25) is 0 Å². The van der Waals surface area contributed by atoms with Crippen LogP contribution in [0, 0.1) is 0 Å². The third kappa shape index (κ3) is 3.30. The standard InChI is InChI=1S/C12H17NO4S/c1-7(10(6-14)18-2)13-12(17)8-4-3-5-9(15)11(8)16/h3-5,7,10,14-16H,6H2,1-2H3,(H,13,17). The molecule has 0 spiro atoms. The van der Waals surface area contributed by atoms with Crippen molar-refractivity contribution in [2.45, 2.75) is 18.2 Å². The molecule has 0 aliphatic carbocycles. The smallest absolute Gasteiger partial charge is 0.255 e. The van der Waals surface area contributed by atoms with E-state index in [0.717, 1.165) is 0 Å². The molecule has 0 aliphatic rings. The lowest BCUT2D eigenvalue weighted by Crippen LogP contribution is -2.41. The van der Waals surface area contributed by atoms with Crippen LogP contribution >= 0.6 is 11.8 Å². The summed E-state index contributed by atoms with van der Waals surface area (Å²) >= 11 is 1.45. The first kappa shape index (κ1) is 14.7. The largest absolute Gasteiger partial charge is 0.504 e. The van der Waals surface area contributed by atoms with Crippen LogP contribution in [-0.2, 0) is 0 Å². The maximum Gasteiger partial charge on any atom is 0.255 e. The van der Waals surface area contributed by atoms with Crippen LogP contribution in [0.15, 0.2) is 18.2 Å². The second-order valence-electron chi connectivity index (χ2n) is 3.89. The summed E-state index contributed by atoms with van der Waals surface area (Å²) in [5, 5.41) is 30.6. The summed E-state index contributed by atoms with van der Waals surface area (Å²) in [5.74, 6) is -1.26. The van der Waals surface area contributed by atoms with Crippen molar-refractivity contribution >= 4 is 17.7 Å². The van der Waals surface area contributed by atoms with E-state index in [9.17, 15) is 15.0 Å². The van der Waals surface area contributed by atoms with Crippen molar-refractivity contribution in [2.24, 2.45) is 0 Å². The van der Waals surface area contributed by atoms with Gasteiger partial charge in [-0.25, -0.2) is 0 Å². The SMILES string of the molecule is CSC(CO)C(C)NC(=O)c1cccc(O)c1O. The number of carbonyl (C=O) groups is 1. The number of thioether (sulfide) groups is 1. The quantitative estimate of drug-likeness (QED) is 0.598. The van der Waals surface area contributed by atoms with E-state index in [4.69, 9.17) is 5.11 Å². The van der Waals surface area contributed by atoms with Crippen molar-refractivity contribution in [3.8, 4) is 11.5 Å². The predicted molar refractivity (Wildman–Crippen MR) is 71.1 cm³/mol. The molecule has 6 heteroatoms. The number of nitrogens with one attached hydrogen (secondary N) is 1. The fraction of sp³-hybridized carbons (Fsp3) is 0.417. The van der Waals surface area contributed by atoms with Crippen LogP contribution in [0.1, 0.15) is 17.3 Å². The van der Waals surface area contributed by atoms with Gasteiger partial charge in [0, 0.05) is 11.3 Å². The first-order chi connectivity index (χ1) is 8.51. The number of carbonyl (C=O) groups excluding carboxylic acids is 1. The molecule has 100 valence electrons. The molecular weight excluding hydrogens is 254 g/mol. The molecule has 2 atom stereocenters. The number of hydrogen-bond donors (Lipinski definition) is 4. The molecule has 2 unspecified atom stereocenters. The highest BCUT2D eigenvalue weighted by molar-refractivity contribution is 7.99. The third-order valence-corrected chi connectivity index (χ3v) is 3.82. The van der Waals surface area contributed by atoms with Crippen LogP contribution < -0.4 is 5.32 Å². The number of phenolic OH excluding ortho intramolecular Hbond substituents is 2. The summed E-state index contributed by atoms with van der Waals surface area (Å²) in [6.07, 6.45) is 1.84. The minimum absolute atomic E-state index is 0.0136. The van der Waals surface area contributed by atoms with Gasteiger partial charge in [-0.05, 0) is 25.3 Å². The Bertz CT molecular complexity index is 421. The first-order valence-electron chi connectivity index (χ1n) is 5.46. The van der Waals surface area contributed by atoms with Gasteiger partial charge in [-0.2, -0.15) is 11.8 Å². The summed E-state index contributed by atoms with van der Waals surface area (Å²) in [7, 11) is 0. The summed E-state index contributed by atoms with van der Waals surface area (Å²) in [5.41, 5.74) is 0.0136. The van der Waals surface area contributed by atoms with Gasteiger partial charge in [-0.3, -0.25) is 4.79 Å². The Morgan fingerprint density at radius 1 is 1.44 bits per heavy atom. The maximum atomic E-state index is 11.9. The van der Waals surface area contributed by atoms with Gasteiger partial charge < -0.3 is 20.6 Å². The number of aromatic hydroxyl groups is 2. The Balaban J connectivity index is 2.79. The van der Waals surface area contributed by atoms with Crippen LogP contribution in [0.4, 0.5) is 0 Å². The molecule has 1 rings (SSSR count). The number of phenols is 2. The normalized spacial score (nSPS) is 13.9. The van der Waals surface area contributed by atoms with Crippen molar-refractivity contribution in [1.82, 2.24) is 5.32 Å². The van der Waals surface area contributed by atoms with Crippen molar-refractivity contribution in [2.75, 3.05) is 12.9 Å². The van der Waals surface area contributed by atoms with E-state index in [1.807, 2.05) is 6.26 Å². The molecule has 0 aromatic heterocycles. The summed E-state index contributed by atoms with van der Waals surface area (Å²) in [6.45, 7) is 1.73. The Hall–Kier alpha value is -1.40. The fourth-order valence-electron chi connectivity index (χ4n) is 1.53. The number of benzene rings is 1. The highest BCUT2D eigenvalue weighted by atomic mass is 32.2. The van der Waals surface area contributed by atoms with Crippen molar-refractivity contribution in [3.05, 3.63) is 23.8 Å². The van der Waals surface area contributed by atoms with E-state index in [2.05, 4.69) is 5.32 Å². The van der Waals surface area contributed by atoms with E-state index < -0.39 is 11.7 Å². The number of aliphatic hydroxyl groups is 1. The van der Waals surface area contributed by atoms with Crippen LogP contribution in [-0.4, -0.2) is 45.4 Å². The minimum Gasteiger partial charge on any atom is -0.504 e. The Labute approximate surface area is 110 Å². The predicted octanol–water partition coefficient (Wildman–Crippen LogP) is 0.940. The molecule has 1 aromatic carbocycles. The second kappa shape index (κ2) is 6.51. The molecule has 4 N–H and O–H groups in total. The minimum atomic E-state index is -0.483.